The SMILES string of the molecule is C[C@@]1(c2ccccc2)CC(=O)N(Cc2ccccc2[N+](=O)[O-])C1=O. The van der Waals surface area contributed by atoms with Crippen molar-refractivity contribution in [2.24, 2.45) is 0 Å². The normalized spacial score (nSPS) is 20.5. The number of para-hydroxylation sites is 1. The Bertz CT molecular complexity index is 819. The smallest absolute Gasteiger partial charge is 0.274 e. The van der Waals surface area contributed by atoms with E-state index in [-0.39, 0.29) is 30.5 Å². The molecule has 1 aliphatic heterocycles. The summed E-state index contributed by atoms with van der Waals surface area (Å²) in [6.45, 7) is 1.65. The van der Waals surface area contributed by atoms with E-state index in [9.17, 15) is 19.7 Å². The summed E-state index contributed by atoms with van der Waals surface area (Å²) in [7, 11) is 0. The molecule has 1 fully saturated rings. The zero-order valence-electron chi connectivity index (χ0n) is 13.1. The molecule has 0 aliphatic carbocycles. The minimum Gasteiger partial charge on any atom is -0.277 e. The number of amides is 2. The van der Waals surface area contributed by atoms with E-state index in [0.717, 1.165) is 10.5 Å². The topological polar surface area (TPSA) is 80.5 Å². The van der Waals surface area contributed by atoms with Crippen molar-refractivity contribution in [3.8, 4) is 0 Å². The van der Waals surface area contributed by atoms with E-state index in [2.05, 4.69) is 0 Å². The third-order valence-corrected chi connectivity index (χ3v) is 4.45. The Morgan fingerprint density at radius 1 is 1.08 bits per heavy atom. The Morgan fingerprint density at radius 2 is 1.71 bits per heavy atom. The van der Waals surface area contributed by atoms with Crippen LogP contribution in [0, 0.1) is 10.1 Å². The number of nitrogens with zero attached hydrogens (tertiary/aromatic N) is 2. The summed E-state index contributed by atoms with van der Waals surface area (Å²) in [4.78, 5) is 37.0. The second-order valence-corrected chi connectivity index (χ2v) is 6.05. The fourth-order valence-corrected chi connectivity index (χ4v) is 3.07. The molecule has 6 nitrogen and oxygen atoms in total. The summed E-state index contributed by atoms with van der Waals surface area (Å²) >= 11 is 0. The molecule has 0 radical (unpaired) electrons. The van der Waals surface area contributed by atoms with E-state index in [1.54, 1.807) is 25.1 Å². The molecule has 1 atom stereocenters. The van der Waals surface area contributed by atoms with Crippen molar-refractivity contribution in [1.82, 2.24) is 4.90 Å². The predicted octanol–water partition coefficient (Wildman–Crippen LogP) is 2.81. The number of rotatable bonds is 4. The molecule has 24 heavy (non-hydrogen) atoms. The van der Waals surface area contributed by atoms with Gasteiger partial charge in [0.25, 0.3) is 5.69 Å². The van der Waals surface area contributed by atoms with Gasteiger partial charge in [0.2, 0.25) is 11.8 Å². The Hall–Kier alpha value is -3.02. The van der Waals surface area contributed by atoms with Gasteiger partial charge in [-0.1, -0.05) is 48.5 Å². The van der Waals surface area contributed by atoms with Crippen molar-refractivity contribution in [2.45, 2.75) is 25.3 Å². The van der Waals surface area contributed by atoms with Crippen LogP contribution in [0.5, 0.6) is 0 Å². The highest BCUT2D eigenvalue weighted by atomic mass is 16.6. The minimum absolute atomic E-state index is 0.0660. The van der Waals surface area contributed by atoms with Gasteiger partial charge in [-0.2, -0.15) is 0 Å². The number of hydrogen-bond acceptors (Lipinski definition) is 4. The van der Waals surface area contributed by atoms with Gasteiger partial charge < -0.3 is 0 Å². The van der Waals surface area contributed by atoms with Crippen molar-refractivity contribution >= 4 is 17.5 Å². The molecule has 0 bridgehead atoms. The Kier molecular flexibility index (Phi) is 3.89. The predicted molar refractivity (Wildman–Crippen MR) is 87.1 cm³/mol. The van der Waals surface area contributed by atoms with Crippen LogP contribution < -0.4 is 0 Å². The summed E-state index contributed by atoms with van der Waals surface area (Å²) < 4.78 is 0. The van der Waals surface area contributed by atoms with Gasteiger partial charge in [-0.25, -0.2) is 0 Å². The maximum absolute atomic E-state index is 12.9. The number of imide groups is 1. The number of nitro benzene ring substituents is 1. The van der Waals surface area contributed by atoms with E-state index in [4.69, 9.17) is 0 Å². The van der Waals surface area contributed by atoms with Gasteiger partial charge >= 0.3 is 0 Å². The molecule has 2 aromatic carbocycles. The lowest BCUT2D eigenvalue weighted by molar-refractivity contribution is -0.385. The molecule has 0 aromatic heterocycles. The molecule has 1 aliphatic rings. The molecule has 0 spiro atoms. The number of carbonyl (C=O) groups excluding carboxylic acids is 2. The molecule has 0 N–H and O–H groups in total. The van der Waals surface area contributed by atoms with Crippen LogP contribution in [0.25, 0.3) is 0 Å². The van der Waals surface area contributed by atoms with Gasteiger partial charge in [-0.3, -0.25) is 24.6 Å². The average molecular weight is 324 g/mol. The maximum Gasteiger partial charge on any atom is 0.274 e. The summed E-state index contributed by atoms with van der Waals surface area (Å²) in [5, 5.41) is 11.1. The van der Waals surface area contributed by atoms with E-state index in [0.29, 0.717) is 5.56 Å². The third-order valence-electron chi connectivity index (χ3n) is 4.45. The Morgan fingerprint density at radius 3 is 2.38 bits per heavy atom. The molecule has 3 rings (SSSR count). The standard InChI is InChI=1S/C18H16N2O4/c1-18(14-8-3-2-4-9-14)11-16(21)19(17(18)22)12-13-7-5-6-10-15(13)20(23)24/h2-10H,11-12H2,1H3/t18-/m0/s1. The van der Waals surface area contributed by atoms with Crippen LogP contribution in [0.4, 0.5) is 5.69 Å². The fraction of sp³-hybridized carbons (Fsp3) is 0.222. The molecule has 1 saturated heterocycles. The molecule has 2 amide bonds. The summed E-state index contributed by atoms with van der Waals surface area (Å²) in [5.41, 5.74) is 0.100. The number of hydrogen-bond donors (Lipinski definition) is 0. The molecule has 6 heteroatoms. The van der Waals surface area contributed by atoms with Crippen molar-refractivity contribution in [2.75, 3.05) is 0 Å². The van der Waals surface area contributed by atoms with Crippen LogP contribution in [0.2, 0.25) is 0 Å². The van der Waals surface area contributed by atoms with Gasteiger partial charge in [-0.15, -0.1) is 0 Å². The highest BCUT2D eigenvalue weighted by Gasteiger charge is 2.49. The monoisotopic (exact) mass is 324 g/mol. The first kappa shape index (κ1) is 15.9. The first-order valence-corrected chi connectivity index (χ1v) is 7.56. The number of carbonyl (C=O) groups is 2. The first-order chi connectivity index (χ1) is 11.4. The van der Waals surface area contributed by atoms with Crippen LogP contribution in [0.15, 0.2) is 54.6 Å². The zero-order chi connectivity index (χ0) is 17.3. The largest absolute Gasteiger partial charge is 0.277 e. The van der Waals surface area contributed by atoms with Gasteiger partial charge in [0.1, 0.15) is 0 Å². The van der Waals surface area contributed by atoms with Gasteiger partial charge in [-0.05, 0) is 12.5 Å². The average Bonchev–Trinajstić information content (AvgIpc) is 2.80. The first-order valence-electron chi connectivity index (χ1n) is 7.56. The summed E-state index contributed by atoms with van der Waals surface area (Å²) in [6, 6.07) is 15.3. The zero-order valence-corrected chi connectivity index (χ0v) is 13.1. The van der Waals surface area contributed by atoms with Crippen molar-refractivity contribution < 1.29 is 14.5 Å². The van der Waals surface area contributed by atoms with Crippen LogP contribution in [0.3, 0.4) is 0 Å². The molecule has 0 unspecified atom stereocenters. The molecule has 1 heterocycles. The van der Waals surface area contributed by atoms with Gasteiger partial charge in [0.05, 0.1) is 16.9 Å². The molecule has 2 aromatic rings. The number of nitro groups is 1. The Balaban J connectivity index is 1.93. The highest BCUT2D eigenvalue weighted by Crippen LogP contribution is 2.37. The number of benzene rings is 2. The van der Waals surface area contributed by atoms with Gasteiger partial charge in [0.15, 0.2) is 0 Å². The van der Waals surface area contributed by atoms with E-state index in [1.165, 1.54) is 6.07 Å². The lowest BCUT2D eigenvalue weighted by Gasteiger charge is -2.22. The molecule has 0 saturated carbocycles. The molecule has 122 valence electrons. The Labute approximate surface area is 138 Å². The lowest BCUT2D eigenvalue weighted by Crippen LogP contribution is -2.36. The third kappa shape index (κ3) is 2.56. The quantitative estimate of drug-likeness (QED) is 0.492. The summed E-state index contributed by atoms with van der Waals surface area (Å²) in [5.74, 6) is -0.638. The molecular formula is C18H16N2O4. The van der Waals surface area contributed by atoms with Crippen LogP contribution in [0.1, 0.15) is 24.5 Å². The fourth-order valence-electron chi connectivity index (χ4n) is 3.07. The van der Waals surface area contributed by atoms with Crippen LogP contribution in [-0.4, -0.2) is 21.6 Å². The van der Waals surface area contributed by atoms with Crippen molar-refractivity contribution in [3.63, 3.8) is 0 Å². The summed E-state index contributed by atoms with van der Waals surface area (Å²) in [6.07, 6.45) is 0.0660. The maximum atomic E-state index is 12.9. The van der Waals surface area contributed by atoms with E-state index in [1.807, 2.05) is 30.3 Å². The van der Waals surface area contributed by atoms with E-state index < -0.39 is 10.3 Å². The second kappa shape index (κ2) is 5.88. The van der Waals surface area contributed by atoms with Crippen LogP contribution >= 0.6 is 0 Å². The minimum atomic E-state index is -0.929. The van der Waals surface area contributed by atoms with Crippen molar-refractivity contribution in [1.29, 1.82) is 0 Å². The van der Waals surface area contributed by atoms with E-state index >= 15 is 0 Å². The molecular weight excluding hydrogens is 308 g/mol. The second-order valence-electron chi connectivity index (χ2n) is 6.05. The highest BCUT2D eigenvalue weighted by molar-refractivity contribution is 6.08. The van der Waals surface area contributed by atoms with Crippen LogP contribution in [-0.2, 0) is 21.5 Å². The van der Waals surface area contributed by atoms with Crippen molar-refractivity contribution in [3.05, 3.63) is 75.8 Å². The lowest BCUT2D eigenvalue weighted by atomic mass is 9.81. The number of likely N-dealkylation sites (tertiary alicyclic amines) is 1. The van der Waals surface area contributed by atoms with Gasteiger partial charge in [0, 0.05) is 18.1 Å².